The summed E-state index contributed by atoms with van der Waals surface area (Å²) in [6.45, 7) is 6.45. The number of hydrogen-bond donors (Lipinski definition) is 2. The lowest BCUT2D eigenvalue weighted by Crippen LogP contribution is -2.10. The summed E-state index contributed by atoms with van der Waals surface area (Å²) in [4.78, 5) is -0.0984. The van der Waals surface area contributed by atoms with Gasteiger partial charge < -0.3 is 9.47 Å². The molecule has 5 atom stereocenters. The Balaban J connectivity index is 1.60. The minimum Gasteiger partial charge on any atom is -0.343 e. The van der Waals surface area contributed by atoms with Gasteiger partial charge in [-0.25, -0.2) is 0 Å². The van der Waals surface area contributed by atoms with Gasteiger partial charge in [0.05, 0.1) is 0 Å². The fraction of sp³-hybridized carbons (Fsp3) is 1.00. The molecule has 2 aliphatic heterocycles. The Morgan fingerprint density at radius 1 is 1.19 bits per heavy atom. The van der Waals surface area contributed by atoms with Gasteiger partial charge in [0.15, 0.2) is 0 Å². The second-order valence-electron chi connectivity index (χ2n) is 4.54. The van der Waals surface area contributed by atoms with E-state index in [1.54, 1.807) is 0 Å². The third kappa shape index (κ3) is 3.20. The molecule has 16 heavy (non-hydrogen) atoms. The summed E-state index contributed by atoms with van der Waals surface area (Å²) in [6, 6.07) is 0. The van der Waals surface area contributed by atoms with Crippen LogP contribution >= 0.6 is 48.8 Å². The zero-order chi connectivity index (χ0) is 12.0. The molecule has 2 rings (SSSR count). The number of rotatable bonds is 6. The van der Waals surface area contributed by atoms with Crippen molar-refractivity contribution in [3.05, 3.63) is 0 Å². The van der Waals surface area contributed by atoms with Crippen LogP contribution in [0.3, 0.4) is 0 Å². The number of epoxide rings is 2. The number of hydrogen-bond acceptors (Lipinski definition) is 6. The quantitative estimate of drug-likeness (QED) is 0.581. The first-order valence-corrected chi connectivity index (χ1v) is 8.29. The molecule has 0 bridgehead atoms. The molecular formula is C10H18O2S4. The van der Waals surface area contributed by atoms with E-state index in [-0.39, 0.29) is 20.7 Å². The molecule has 0 aromatic heterocycles. The topological polar surface area (TPSA) is 25.1 Å². The van der Waals surface area contributed by atoms with Crippen LogP contribution in [-0.4, -0.2) is 31.7 Å². The molecule has 0 amide bonds. The Morgan fingerprint density at radius 3 is 2.12 bits per heavy atom. The third-order valence-corrected chi connectivity index (χ3v) is 7.11. The summed E-state index contributed by atoms with van der Waals surface area (Å²) in [7, 11) is 0. The molecule has 2 fully saturated rings. The lowest BCUT2D eigenvalue weighted by molar-refractivity contribution is 0.393. The Bertz CT molecular complexity index is 278. The molecule has 6 heteroatoms. The lowest BCUT2D eigenvalue weighted by atomic mass is 10.4. The van der Waals surface area contributed by atoms with E-state index < -0.39 is 0 Å². The van der Waals surface area contributed by atoms with Gasteiger partial charge in [0, 0.05) is 5.25 Å². The van der Waals surface area contributed by atoms with Crippen LogP contribution in [0, 0.1) is 0 Å². The smallest absolute Gasteiger partial charge is 0.148 e. The molecule has 94 valence electrons. The Morgan fingerprint density at radius 2 is 1.69 bits per heavy atom. The molecule has 0 spiro atoms. The van der Waals surface area contributed by atoms with E-state index in [1.165, 1.54) is 0 Å². The third-order valence-electron chi connectivity index (χ3n) is 2.82. The largest absolute Gasteiger partial charge is 0.343 e. The first-order valence-electron chi connectivity index (χ1n) is 5.39. The van der Waals surface area contributed by atoms with Crippen molar-refractivity contribution in [1.29, 1.82) is 0 Å². The number of thiol groups is 2. The average Bonchev–Trinajstić information content (AvgIpc) is 2.92. The highest BCUT2D eigenvalue weighted by atomic mass is 32.2. The van der Waals surface area contributed by atoms with E-state index in [9.17, 15) is 0 Å². The molecule has 0 radical (unpaired) electrons. The summed E-state index contributed by atoms with van der Waals surface area (Å²) in [5.74, 6) is 1.11. The van der Waals surface area contributed by atoms with Crippen molar-refractivity contribution >= 4 is 48.8 Å². The van der Waals surface area contributed by atoms with Crippen LogP contribution in [0.4, 0.5) is 0 Å². The maximum absolute atomic E-state index is 5.44. The summed E-state index contributed by atoms with van der Waals surface area (Å²) in [6.07, 6.45) is 1.16. The molecule has 2 saturated heterocycles. The minimum absolute atomic E-state index is 0.0421. The zero-order valence-corrected chi connectivity index (χ0v) is 13.1. The number of thioether (sulfide) groups is 2. The molecule has 0 N–H and O–H groups in total. The van der Waals surface area contributed by atoms with Gasteiger partial charge in [0.25, 0.3) is 0 Å². The van der Waals surface area contributed by atoms with Crippen LogP contribution in [0.1, 0.15) is 27.2 Å². The maximum atomic E-state index is 5.44. The van der Waals surface area contributed by atoms with Crippen LogP contribution in [0.5, 0.6) is 0 Å². The van der Waals surface area contributed by atoms with Crippen molar-refractivity contribution < 1.29 is 9.47 Å². The van der Waals surface area contributed by atoms with Gasteiger partial charge in [-0.15, -0.1) is 48.8 Å². The van der Waals surface area contributed by atoms with Gasteiger partial charge in [-0.1, -0.05) is 6.92 Å². The van der Waals surface area contributed by atoms with Crippen molar-refractivity contribution in [3.8, 4) is 0 Å². The van der Waals surface area contributed by atoms with Gasteiger partial charge in [0.2, 0.25) is 0 Å². The van der Waals surface area contributed by atoms with Crippen molar-refractivity contribution in [2.24, 2.45) is 0 Å². The van der Waals surface area contributed by atoms with Crippen molar-refractivity contribution in [2.45, 2.75) is 53.2 Å². The predicted molar refractivity (Wildman–Crippen MR) is 78.7 cm³/mol. The Kier molecular flexibility index (Phi) is 4.10. The van der Waals surface area contributed by atoms with Gasteiger partial charge in [-0.3, -0.25) is 0 Å². The van der Waals surface area contributed by atoms with E-state index in [2.05, 4.69) is 46.0 Å². The first-order chi connectivity index (χ1) is 7.36. The maximum Gasteiger partial charge on any atom is 0.148 e. The van der Waals surface area contributed by atoms with Crippen LogP contribution in [0.15, 0.2) is 0 Å². The molecule has 5 unspecified atom stereocenters. The second kappa shape index (κ2) is 4.78. The normalized spacial score (nSPS) is 47.8. The monoisotopic (exact) mass is 298 g/mol. The van der Waals surface area contributed by atoms with E-state index in [1.807, 2.05) is 23.5 Å². The molecule has 2 nitrogen and oxygen atoms in total. The SMILES string of the molecule is CC(CCSC1(C)OC1S)SC1(C)OC1S. The van der Waals surface area contributed by atoms with Gasteiger partial charge in [-0.2, -0.15) is 0 Å². The fourth-order valence-electron chi connectivity index (χ4n) is 1.45. The summed E-state index contributed by atoms with van der Waals surface area (Å²) in [5, 5.41) is 0.593. The van der Waals surface area contributed by atoms with Crippen LogP contribution in [0.2, 0.25) is 0 Å². The molecule has 0 aromatic carbocycles. The second-order valence-corrected chi connectivity index (χ2v) is 8.83. The lowest BCUT2D eigenvalue weighted by Gasteiger charge is -2.14. The molecule has 0 aliphatic carbocycles. The van der Waals surface area contributed by atoms with Crippen molar-refractivity contribution in [3.63, 3.8) is 0 Å². The standard InChI is InChI=1S/C10H18O2S4/c1-6(16-10(3)8(14)12-10)4-5-15-9(2)7(13)11-9/h6-8,13-14H,4-5H2,1-3H3. The molecule has 0 aromatic rings. The van der Waals surface area contributed by atoms with Crippen LogP contribution in [0.25, 0.3) is 0 Å². The van der Waals surface area contributed by atoms with Gasteiger partial charge in [-0.05, 0) is 26.0 Å². The molecule has 2 heterocycles. The molecule has 2 aliphatic rings. The number of ether oxygens (including phenoxy) is 2. The summed E-state index contributed by atoms with van der Waals surface area (Å²) >= 11 is 12.3. The molecule has 0 saturated carbocycles. The minimum atomic E-state index is -0.0563. The average molecular weight is 299 g/mol. The Labute approximate surface area is 117 Å². The van der Waals surface area contributed by atoms with E-state index in [0.717, 1.165) is 12.2 Å². The van der Waals surface area contributed by atoms with Crippen LogP contribution < -0.4 is 0 Å². The highest BCUT2D eigenvalue weighted by molar-refractivity contribution is 8.03. The van der Waals surface area contributed by atoms with E-state index in [4.69, 9.17) is 9.47 Å². The van der Waals surface area contributed by atoms with Crippen molar-refractivity contribution in [1.82, 2.24) is 0 Å². The predicted octanol–water partition coefficient (Wildman–Crippen LogP) is 3.24. The van der Waals surface area contributed by atoms with E-state index in [0.29, 0.717) is 5.25 Å². The van der Waals surface area contributed by atoms with Gasteiger partial charge >= 0.3 is 0 Å². The summed E-state index contributed by atoms with van der Waals surface area (Å²) < 4.78 is 10.8. The van der Waals surface area contributed by atoms with Gasteiger partial charge in [0.1, 0.15) is 20.7 Å². The summed E-state index contributed by atoms with van der Waals surface area (Å²) in [5.41, 5.74) is 0.227. The zero-order valence-electron chi connectivity index (χ0n) is 9.67. The Hall–Kier alpha value is 1.32. The van der Waals surface area contributed by atoms with Crippen molar-refractivity contribution in [2.75, 3.05) is 5.75 Å². The van der Waals surface area contributed by atoms with Crippen LogP contribution in [-0.2, 0) is 9.47 Å². The molecular weight excluding hydrogens is 280 g/mol. The first kappa shape index (κ1) is 13.7. The highest BCUT2D eigenvalue weighted by Gasteiger charge is 2.52. The fourth-order valence-corrected chi connectivity index (χ4v) is 5.07. The van der Waals surface area contributed by atoms with E-state index >= 15 is 0 Å². The highest BCUT2D eigenvalue weighted by Crippen LogP contribution is 2.51.